The molecule has 4 nitrogen and oxygen atoms in total. The first kappa shape index (κ1) is 13.6. The highest BCUT2D eigenvalue weighted by atomic mass is 32.2. The first-order valence-corrected chi connectivity index (χ1v) is 7.26. The molecule has 1 rings (SSSR count). The van der Waals surface area contributed by atoms with E-state index in [-0.39, 0.29) is 18.4 Å². The molecule has 0 saturated heterocycles. The average molecular weight is 248 g/mol. The van der Waals surface area contributed by atoms with Crippen molar-refractivity contribution in [2.45, 2.75) is 44.8 Å². The number of carbonyl (C=O) groups is 1. The summed E-state index contributed by atoms with van der Waals surface area (Å²) in [5.41, 5.74) is 0. The Morgan fingerprint density at radius 2 is 1.81 bits per heavy atom. The lowest BCUT2D eigenvalue weighted by atomic mass is 9.83. The van der Waals surface area contributed by atoms with E-state index in [9.17, 15) is 13.2 Å². The number of carbonyl (C=O) groups excluding carboxylic acids is 1. The summed E-state index contributed by atoms with van der Waals surface area (Å²) in [4.78, 5) is 10.5. The Morgan fingerprint density at radius 1 is 1.25 bits per heavy atom. The molecule has 16 heavy (non-hydrogen) atoms. The Hall–Kier alpha value is -0.420. The molecule has 0 aromatic carbocycles. The topological polar surface area (TPSA) is 60.4 Å². The molecule has 0 aromatic heterocycles. The van der Waals surface area contributed by atoms with Crippen molar-refractivity contribution in [2.24, 2.45) is 11.8 Å². The first-order chi connectivity index (χ1) is 7.45. The van der Waals surface area contributed by atoms with Crippen molar-refractivity contribution in [3.63, 3.8) is 0 Å². The van der Waals surface area contributed by atoms with Crippen molar-refractivity contribution in [1.82, 2.24) is 0 Å². The minimum Gasteiger partial charge on any atom is -0.303 e. The molecule has 0 N–H and O–H groups in total. The monoisotopic (exact) mass is 248 g/mol. The van der Waals surface area contributed by atoms with E-state index in [0.717, 1.165) is 32.0 Å². The molecule has 1 fully saturated rings. The second kappa shape index (κ2) is 5.77. The van der Waals surface area contributed by atoms with E-state index in [1.54, 1.807) is 13.8 Å². The lowest BCUT2D eigenvalue weighted by molar-refractivity contribution is -0.112. The molecule has 0 heterocycles. The zero-order chi connectivity index (χ0) is 12.2. The van der Waals surface area contributed by atoms with Gasteiger partial charge in [0.25, 0.3) is 10.1 Å². The summed E-state index contributed by atoms with van der Waals surface area (Å²) in [5.74, 6) is 0.447. The average Bonchev–Trinajstić information content (AvgIpc) is 2.27. The molecule has 1 aliphatic rings. The van der Waals surface area contributed by atoms with E-state index in [4.69, 9.17) is 4.18 Å². The third-order valence-corrected chi connectivity index (χ3v) is 4.75. The van der Waals surface area contributed by atoms with Crippen LogP contribution in [0, 0.1) is 11.8 Å². The number of aldehydes is 1. The van der Waals surface area contributed by atoms with Gasteiger partial charge in [-0.1, -0.05) is 0 Å². The smallest absolute Gasteiger partial charge is 0.269 e. The summed E-state index contributed by atoms with van der Waals surface area (Å²) < 4.78 is 27.8. The zero-order valence-corrected chi connectivity index (χ0v) is 10.7. The Labute approximate surface area is 97.5 Å². The molecule has 0 radical (unpaired) electrons. The van der Waals surface area contributed by atoms with Crippen molar-refractivity contribution in [2.75, 3.05) is 6.61 Å². The molecule has 1 saturated carbocycles. The number of hydrogen-bond donors (Lipinski definition) is 0. The maximum Gasteiger partial charge on any atom is 0.269 e. The maximum atomic E-state index is 11.4. The van der Waals surface area contributed by atoms with Crippen molar-refractivity contribution in [1.29, 1.82) is 0 Å². The second-order valence-electron chi connectivity index (χ2n) is 4.74. The highest BCUT2D eigenvalue weighted by Crippen LogP contribution is 2.28. The fourth-order valence-corrected chi connectivity index (χ4v) is 2.47. The largest absolute Gasteiger partial charge is 0.303 e. The summed E-state index contributed by atoms with van der Waals surface area (Å²) in [6, 6.07) is 0. The molecule has 0 amide bonds. The molecule has 0 aliphatic heterocycles. The van der Waals surface area contributed by atoms with Gasteiger partial charge in [-0.15, -0.1) is 0 Å². The van der Waals surface area contributed by atoms with Crippen LogP contribution in [0.15, 0.2) is 0 Å². The van der Waals surface area contributed by atoms with Crippen molar-refractivity contribution in [3.8, 4) is 0 Å². The molecule has 0 aromatic rings. The van der Waals surface area contributed by atoms with Gasteiger partial charge in [-0.3, -0.25) is 4.18 Å². The highest BCUT2D eigenvalue weighted by molar-refractivity contribution is 7.87. The maximum absolute atomic E-state index is 11.4. The van der Waals surface area contributed by atoms with Gasteiger partial charge in [-0.25, -0.2) is 0 Å². The number of hydrogen-bond acceptors (Lipinski definition) is 4. The minimum atomic E-state index is -3.39. The van der Waals surface area contributed by atoms with Crippen LogP contribution >= 0.6 is 0 Å². The molecule has 0 spiro atoms. The van der Waals surface area contributed by atoms with Gasteiger partial charge < -0.3 is 4.79 Å². The Bertz CT molecular complexity index is 313. The van der Waals surface area contributed by atoms with Crippen LogP contribution in [0.4, 0.5) is 0 Å². The van der Waals surface area contributed by atoms with Crippen LogP contribution in [-0.4, -0.2) is 26.6 Å². The van der Waals surface area contributed by atoms with Gasteiger partial charge in [-0.2, -0.15) is 8.42 Å². The normalized spacial score (nSPS) is 26.9. The van der Waals surface area contributed by atoms with Crippen molar-refractivity contribution in [3.05, 3.63) is 0 Å². The van der Waals surface area contributed by atoms with E-state index in [1.165, 1.54) is 0 Å². The van der Waals surface area contributed by atoms with Gasteiger partial charge in [0, 0.05) is 5.92 Å². The summed E-state index contributed by atoms with van der Waals surface area (Å²) in [6.45, 7) is 3.49. The summed E-state index contributed by atoms with van der Waals surface area (Å²) in [5, 5.41) is -0.487. The standard InChI is InChI=1S/C11H20O4S/c1-9(2)16(13,14)15-8-11-5-3-10(7-12)4-6-11/h7,9-11H,3-6,8H2,1-2H3. The predicted octanol–water partition coefficient (Wildman–Crippen LogP) is 1.75. The van der Waals surface area contributed by atoms with Gasteiger partial charge in [0.05, 0.1) is 11.9 Å². The Morgan fingerprint density at radius 3 is 2.25 bits per heavy atom. The first-order valence-electron chi connectivity index (χ1n) is 5.79. The van der Waals surface area contributed by atoms with Gasteiger partial charge in [0.15, 0.2) is 0 Å². The van der Waals surface area contributed by atoms with Gasteiger partial charge in [0.2, 0.25) is 0 Å². The Kier molecular flexibility index (Phi) is 4.92. The molecule has 0 bridgehead atoms. The van der Waals surface area contributed by atoms with Crippen LogP contribution in [0.25, 0.3) is 0 Å². The Balaban J connectivity index is 2.33. The van der Waals surface area contributed by atoms with Crippen LogP contribution in [0.2, 0.25) is 0 Å². The van der Waals surface area contributed by atoms with Crippen LogP contribution in [0.3, 0.4) is 0 Å². The summed E-state index contributed by atoms with van der Waals surface area (Å²) in [6.07, 6.45) is 4.49. The van der Waals surface area contributed by atoms with Crippen LogP contribution in [0.1, 0.15) is 39.5 Å². The van der Waals surface area contributed by atoms with Crippen LogP contribution in [0.5, 0.6) is 0 Å². The van der Waals surface area contributed by atoms with Crippen molar-refractivity contribution < 1.29 is 17.4 Å². The second-order valence-corrected chi connectivity index (χ2v) is 6.91. The fourth-order valence-electron chi connectivity index (χ4n) is 1.82. The van der Waals surface area contributed by atoms with Crippen LogP contribution < -0.4 is 0 Å². The van der Waals surface area contributed by atoms with Crippen LogP contribution in [-0.2, 0) is 19.1 Å². The van der Waals surface area contributed by atoms with E-state index in [0.29, 0.717) is 0 Å². The summed E-state index contributed by atoms with van der Waals surface area (Å²) in [7, 11) is -3.39. The molecule has 0 atom stereocenters. The number of rotatable bonds is 5. The molecule has 5 heteroatoms. The quantitative estimate of drug-likeness (QED) is 0.549. The molecular formula is C11H20O4S. The molecule has 0 unspecified atom stereocenters. The van der Waals surface area contributed by atoms with Gasteiger partial charge in [-0.05, 0) is 45.4 Å². The van der Waals surface area contributed by atoms with E-state index >= 15 is 0 Å². The van der Waals surface area contributed by atoms with Gasteiger partial charge >= 0.3 is 0 Å². The molecular weight excluding hydrogens is 228 g/mol. The highest BCUT2D eigenvalue weighted by Gasteiger charge is 2.24. The summed E-state index contributed by atoms with van der Waals surface area (Å²) >= 11 is 0. The molecule has 94 valence electrons. The lowest BCUT2D eigenvalue weighted by Crippen LogP contribution is -2.24. The third-order valence-electron chi connectivity index (χ3n) is 3.13. The van der Waals surface area contributed by atoms with E-state index in [2.05, 4.69) is 0 Å². The SMILES string of the molecule is CC(C)S(=O)(=O)OCC1CCC(C=O)CC1. The zero-order valence-electron chi connectivity index (χ0n) is 9.89. The third kappa shape index (κ3) is 3.87. The van der Waals surface area contributed by atoms with E-state index < -0.39 is 15.4 Å². The minimum absolute atomic E-state index is 0.165. The van der Waals surface area contributed by atoms with E-state index in [1.807, 2.05) is 0 Å². The van der Waals surface area contributed by atoms with Gasteiger partial charge in [0.1, 0.15) is 6.29 Å². The molecule has 1 aliphatic carbocycles. The fraction of sp³-hybridized carbons (Fsp3) is 0.909. The van der Waals surface area contributed by atoms with Crippen molar-refractivity contribution >= 4 is 16.4 Å². The predicted molar refractivity (Wildman–Crippen MR) is 61.5 cm³/mol. The lowest BCUT2D eigenvalue weighted by Gasteiger charge is -2.25.